The fourth-order valence-corrected chi connectivity index (χ4v) is 1.66. The monoisotopic (exact) mass is 256 g/mol. The van der Waals surface area contributed by atoms with Gasteiger partial charge in [0.2, 0.25) is 0 Å². The van der Waals surface area contributed by atoms with Crippen molar-refractivity contribution in [2.45, 2.75) is 13.8 Å². The average molecular weight is 256 g/mol. The Labute approximate surface area is 112 Å². The summed E-state index contributed by atoms with van der Waals surface area (Å²) in [5.74, 6) is 1.04. The van der Waals surface area contributed by atoms with Crippen LogP contribution in [0.25, 0.3) is 17.4 Å². The Balaban J connectivity index is 2.11. The molecule has 0 unspecified atom stereocenters. The smallest absolute Gasteiger partial charge is 0.330 e. The van der Waals surface area contributed by atoms with Crippen molar-refractivity contribution in [3.05, 3.63) is 53.8 Å². The molecule has 0 aliphatic rings. The summed E-state index contributed by atoms with van der Waals surface area (Å²) in [6.45, 7) is 4.18. The minimum absolute atomic E-state index is 0.365. The lowest BCUT2D eigenvalue weighted by Crippen LogP contribution is -1.98. The minimum Gasteiger partial charge on any atom is -0.463 e. The molecule has 0 atom stereocenters. The van der Waals surface area contributed by atoms with Crippen LogP contribution in [0.3, 0.4) is 0 Å². The Kier molecular flexibility index (Phi) is 4.18. The first-order chi connectivity index (χ1) is 9.19. The molecular weight excluding hydrogens is 240 g/mol. The van der Waals surface area contributed by atoms with Gasteiger partial charge in [-0.1, -0.05) is 29.8 Å². The highest BCUT2D eigenvalue weighted by atomic mass is 16.5. The maximum atomic E-state index is 11.2. The molecule has 2 aromatic rings. The molecule has 98 valence electrons. The molecule has 0 N–H and O–H groups in total. The molecule has 0 aliphatic heterocycles. The quantitative estimate of drug-likeness (QED) is 0.616. The fraction of sp³-hybridized carbons (Fsp3) is 0.188. The summed E-state index contributed by atoms with van der Waals surface area (Å²) in [6.07, 6.45) is 2.97. The number of esters is 1. The number of hydrogen-bond donors (Lipinski definition) is 0. The molecule has 1 aromatic heterocycles. The van der Waals surface area contributed by atoms with E-state index >= 15 is 0 Å². The maximum absolute atomic E-state index is 11.2. The molecule has 0 fully saturated rings. The number of aryl methyl sites for hydroxylation is 1. The normalized spacial score (nSPS) is 10.8. The summed E-state index contributed by atoms with van der Waals surface area (Å²) in [5.41, 5.74) is 2.22. The van der Waals surface area contributed by atoms with Crippen molar-refractivity contribution in [2.24, 2.45) is 0 Å². The van der Waals surface area contributed by atoms with E-state index in [1.54, 1.807) is 13.0 Å². The highest BCUT2D eigenvalue weighted by Gasteiger charge is 2.03. The first kappa shape index (κ1) is 13.1. The van der Waals surface area contributed by atoms with Gasteiger partial charge in [-0.05, 0) is 32.1 Å². The number of ether oxygens (including phenoxy) is 1. The molecule has 0 saturated carbocycles. The predicted octanol–water partition coefficient (Wildman–Crippen LogP) is 3.83. The molecule has 1 aromatic carbocycles. The Morgan fingerprint density at radius 1 is 1.21 bits per heavy atom. The summed E-state index contributed by atoms with van der Waals surface area (Å²) >= 11 is 0. The minimum atomic E-state index is -0.365. The van der Waals surface area contributed by atoms with E-state index in [9.17, 15) is 4.79 Å². The lowest BCUT2D eigenvalue weighted by atomic mass is 10.1. The second-order valence-electron chi connectivity index (χ2n) is 4.15. The SMILES string of the molecule is CCOC(=O)/C=C/c1ccc(-c2ccc(C)cc2)o1. The van der Waals surface area contributed by atoms with E-state index < -0.39 is 0 Å². The number of carbonyl (C=O) groups is 1. The molecule has 0 amide bonds. The third kappa shape index (κ3) is 3.58. The predicted molar refractivity (Wildman–Crippen MR) is 74.5 cm³/mol. The Morgan fingerprint density at radius 3 is 2.63 bits per heavy atom. The van der Waals surface area contributed by atoms with E-state index in [1.165, 1.54) is 11.6 Å². The Hall–Kier alpha value is -2.29. The van der Waals surface area contributed by atoms with Gasteiger partial charge in [0, 0.05) is 11.6 Å². The molecule has 0 aliphatic carbocycles. The third-order valence-corrected chi connectivity index (χ3v) is 2.63. The van der Waals surface area contributed by atoms with Gasteiger partial charge < -0.3 is 9.15 Å². The van der Waals surface area contributed by atoms with Crippen molar-refractivity contribution in [3.8, 4) is 11.3 Å². The van der Waals surface area contributed by atoms with Crippen LogP contribution >= 0.6 is 0 Å². The summed E-state index contributed by atoms with van der Waals surface area (Å²) in [4.78, 5) is 11.2. The number of furan rings is 1. The highest BCUT2D eigenvalue weighted by molar-refractivity contribution is 5.86. The molecule has 3 heteroatoms. The zero-order valence-corrected chi connectivity index (χ0v) is 11.1. The van der Waals surface area contributed by atoms with E-state index in [2.05, 4.69) is 0 Å². The van der Waals surface area contributed by atoms with E-state index in [-0.39, 0.29) is 5.97 Å². The van der Waals surface area contributed by atoms with Crippen LogP contribution in [0.5, 0.6) is 0 Å². The molecule has 0 radical (unpaired) electrons. The molecule has 0 saturated heterocycles. The zero-order valence-electron chi connectivity index (χ0n) is 11.1. The molecule has 0 spiro atoms. The van der Waals surface area contributed by atoms with Gasteiger partial charge in [0.15, 0.2) is 0 Å². The van der Waals surface area contributed by atoms with Crippen molar-refractivity contribution in [3.63, 3.8) is 0 Å². The van der Waals surface area contributed by atoms with Crippen molar-refractivity contribution < 1.29 is 13.9 Å². The van der Waals surface area contributed by atoms with Gasteiger partial charge in [0.1, 0.15) is 11.5 Å². The first-order valence-electron chi connectivity index (χ1n) is 6.21. The molecule has 3 nitrogen and oxygen atoms in total. The highest BCUT2D eigenvalue weighted by Crippen LogP contribution is 2.23. The Bertz CT molecular complexity index is 576. The largest absolute Gasteiger partial charge is 0.463 e. The zero-order chi connectivity index (χ0) is 13.7. The van der Waals surface area contributed by atoms with Crippen molar-refractivity contribution in [1.82, 2.24) is 0 Å². The van der Waals surface area contributed by atoms with Crippen LogP contribution in [-0.4, -0.2) is 12.6 Å². The first-order valence-corrected chi connectivity index (χ1v) is 6.21. The van der Waals surface area contributed by atoms with Crippen LogP contribution in [0.2, 0.25) is 0 Å². The molecule has 0 bridgehead atoms. The molecule has 2 rings (SSSR count). The van der Waals surface area contributed by atoms with Crippen molar-refractivity contribution in [1.29, 1.82) is 0 Å². The van der Waals surface area contributed by atoms with Gasteiger partial charge in [-0.15, -0.1) is 0 Å². The van der Waals surface area contributed by atoms with Crippen molar-refractivity contribution in [2.75, 3.05) is 6.61 Å². The molecule has 19 heavy (non-hydrogen) atoms. The van der Waals surface area contributed by atoms with Gasteiger partial charge in [-0.3, -0.25) is 0 Å². The molecular formula is C16H16O3. The summed E-state index contributed by atoms with van der Waals surface area (Å²) < 4.78 is 10.4. The van der Waals surface area contributed by atoms with Gasteiger partial charge in [0.25, 0.3) is 0 Å². The Morgan fingerprint density at radius 2 is 1.95 bits per heavy atom. The summed E-state index contributed by atoms with van der Waals surface area (Å²) in [5, 5.41) is 0. The lowest BCUT2D eigenvalue weighted by Gasteiger charge is -1.97. The number of hydrogen-bond acceptors (Lipinski definition) is 3. The summed E-state index contributed by atoms with van der Waals surface area (Å²) in [6, 6.07) is 11.8. The molecule has 1 heterocycles. The van der Waals surface area contributed by atoms with Gasteiger partial charge >= 0.3 is 5.97 Å². The fourth-order valence-electron chi connectivity index (χ4n) is 1.66. The summed E-state index contributed by atoms with van der Waals surface area (Å²) in [7, 11) is 0. The van der Waals surface area contributed by atoms with E-state index in [0.29, 0.717) is 12.4 Å². The van der Waals surface area contributed by atoms with Gasteiger partial charge in [-0.2, -0.15) is 0 Å². The van der Waals surface area contributed by atoms with Crippen LogP contribution in [0.1, 0.15) is 18.2 Å². The number of benzene rings is 1. The van der Waals surface area contributed by atoms with E-state index in [0.717, 1.165) is 11.3 Å². The van der Waals surface area contributed by atoms with Crippen LogP contribution in [0.15, 0.2) is 46.9 Å². The van der Waals surface area contributed by atoms with Crippen LogP contribution in [0, 0.1) is 6.92 Å². The van der Waals surface area contributed by atoms with Gasteiger partial charge in [-0.25, -0.2) is 4.79 Å². The van der Waals surface area contributed by atoms with Gasteiger partial charge in [0.05, 0.1) is 6.61 Å². The maximum Gasteiger partial charge on any atom is 0.330 e. The second kappa shape index (κ2) is 6.05. The third-order valence-electron chi connectivity index (χ3n) is 2.63. The second-order valence-corrected chi connectivity index (χ2v) is 4.15. The van der Waals surface area contributed by atoms with Crippen LogP contribution < -0.4 is 0 Å². The number of rotatable bonds is 4. The standard InChI is InChI=1S/C16H16O3/c1-3-18-16(17)11-9-14-8-10-15(19-14)13-6-4-12(2)5-7-13/h4-11H,3H2,1-2H3/b11-9+. The average Bonchev–Trinajstić information content (AvgIpc) is 2.86. The number of carbonyl (C=O) groups excluding carboxylic acids is 1. The topological polar surface area (TPSA) is 39.4 Å². The van der Waals surface area contributed by atoms with Crippen LogP contribution in [-0.2, 0) is 9.53 Å². The van der Waals surface area contributed by atoms with Crippen molar-refractivity contribution >= 4 is 12.0 Å². The van der Waals surface area contributed by atoms with Crippen LogP contribution in [0.4, 0.5) is 0 Å². The lowest BCUT2D eigenvalue weighted by molar-refractivity contribution is -0.137. The van der Waals surface area contributed by atoms with E-state index in [4.69, 9.17) is 9.15 Å². The van der Waals surface area contributed by atoms with E-state index in [1.807, 2.05) is 43.3 Å².